The predicted molar refractivity (Wildman–Crippen MR) is 98.8 cm³/mol. The standard InChI is InChI=1S/C20H23N5/c1-3-7-16(8-4-1)14-25-12-11-18(15-25)21-13-19-20(23-24-22-19)17-9-5-2-6-10-17/h1-10,18,21H,11-15H2,(H,22,23,24). The summed E-state index contributed by atoms with van der Waals surface area (Å²) < 4.78 is 0. The van der Waals surface area contributed by atoms with Gasteiger partial charge in [0.05, 0.1) is 0 Å². The molecule has 1 fully saturated rings. The van der Waals surface area contributed by atoms with E-state index in [9.17, 15) is 0 Å². The SMILES string of the molecule is c1ccc(CN2CCC(NCc3n[nH]nc3-c3ccccc3)C2)cc1. The molecule has 4 rings (SSSR count). The highest BCUT2D eigenvalue weighted by atomic mass is 15.3. The molecule has 5 heteroatoms. The molecular weight excluding hydrogens is 310 g/mol. The van der Waals surface area contributed by atoms with Crippen molar-refractivity contribution in [1.82, 2.24) is 25.6 Å². The van der Waals surface area contributed by atoms with E-state index in [1.165, 1.54) is 12.0 Å². The maximum atomic E-state index is 4.33. The van der Waals surface area contributed by atoms with Crippen LogP contribution >= 0.6 is 0 Å². The number of benzene rings is 2. The molecule has 0 aliphatic carbocycles. The second-order valence-electron chi connectivity index (χ2n) is 6.57. The Bertz CT molecular complexity index is 784. The lowest BCUT2D eigenvalue weighted by Gasteiger charge is -2.16. The molecule has 2 aromatic carbocycles. The van der Waals surface area contributed by atoms with Gasteiger partial charge in [-0.3, -0.25) is 4.90 Å². The lowest BCUT2D eigenvalue weighted by Crippen LogP contribution is -2.32. The minimum Gasteiger partial charge on any atom is -0.307 e. The van der Waals surface area contributed by atoms with Gasteiger partial charge < -0.3 is 5.32 Å². The van der Waals surface area contributed by atoms with Crippen molar-refractivity contribution in [3.05, 3.63) is 71.9 Å². The van der Waals surface area contributed by atoms with Crippen molar-refractivity contribution in [2.45, 2.75) is 25.6 Å². The van der Waals surface area contributed by atoms with Crippen molar-refractivity contribution in [2.24, 2.45) is 0 Å². The van der Waals surface area contributed by atoms with Crippen LogP contribution in [0.2, 0.25) is 0 Å². The van der Waals surface area contributed by atoms with E-state index in [1.54, 1.807) is 0 Å². The van der Waals surface area contributed by atoms with Crippen LogP contribution in [-0.4, -0.2) is 39.4 Å². The molecule has 1 aliphatic heterocycles. The molecule has 3 aromatic rings. The second kappa shape index (κ2) is 7.59. The Hall–Kier alpha value is -2.50. The van der Waals surface area contributed by atoms with Crippen molar-refractivity contribution in [3.63, 3.8) is 0 Å². The molecule has 2 heterocycles. The smallest absolute Gasteiger partial charge is 0.117 e. The number of aromatic nitrogens is 3. The van der Waals surface area contributed by atoms with E-state index in [4.69, 9.17) is 0 Å². The van der Waals surface area contributed by atoms with Crippen LogP contribution in [0.15, 0.2) is 60.7 Å². The summed E-state index contributed by atoms with van der Waals surface area (Å²) in [4.78, 5) is 2.51. The van der Waals surface area contributed by atoms with Gasteiger partial charge in [0.15, 0.2) is 0 Å². The van der Waals surface area contributed by atoms with Crippen LogP contribution in [0.4, 0.5) is 0 Å². The van der Waals surface area contributed by atoms with Crippen LogP contribution in [0.25, 0.3) is 11.3 Å². The van der Waals surface area contributed by atoms with Gasteiger partial charge >= 0.3 is 0 Å². The number of nitrogens with zero attached hydrogens (tertiary/aromatic N) is 3. The largest absolute Gasteiger partial charge is 0.307 e. The summed E-state index contributed by atoms with van der Waals surface area (Å²) in [5.41, 5.74) is 4.40. The number of H-pyrrole nitrogens is 1. The third-order valence-electron chi connectivity index (χ3n) is 4.75. The highest BCUT2D eigenvalue weighted by Crippen LogP contribution is 2.19. The van der Waals surface area contributed by atoms with Crippen molar-refractivity contribution in [3.8, 4) is 11.3 Å². The molecule has 1 aromatic heterocycles. The van der Waals surface area contributed by atoms with Gasteiger partial charge in [-0.25, -0.2) is 0 Å². The topological polar surface area (TPSA) is 56.8 Å². The lowest BCUT2D eigenvalue weighted by atomic mass is 10.1. The molecule has 1 atom stereocenters. The van der Waals surface area contributed by atoms with E-state index in [0.29, 0.717) is 6.04 Å². The summed E-state index contributed by atoms with van der Waals surface area (Å²) in [7, 11) is 0. The Morgan fingerprint density at radius 3 is 2.56 bits per heavy atom. The summed E-state index contributed by atoms with van der Waals surface area (Å²) in [5, 5.41) is 15.1. The van der Waals surface area contributed by atoms with Crippen LogP contribution in [0.3, 0.4) is 0 Å². The molecule has 0 saturated carbocycles. The Kier molecular flexibility index (Phi) is 4.86. The second-order valence-corrected chi connectivity index (χ2v) is 6.57. The number of likely N-dealkylation sites (tertiary alicyclic amines) is 1. The monoisotopic (exact) mass is 333 g/mol. The lowest BCUT2D eigenvalue weighted by molar-refractivity contribution is 0.319. The Morgan fingerprint density at radius 1 is 1.00 bits per heavy atom. The van der Waals surface area contributed by atoms with Gasteiger partial charge in [0, 0.05) is 37.8 Å². The van der Waals surface area contributed by atoms with Gasteiger partial charge in [0.1, 0.15) is 11.4 Å². The highest BCUT2D eigenvalue weighted by molar-refractivity contribution is 5.60. The Labute approximate surface area is 148 Å². The molecule has 0 amide bonds. The summed E-state index contributed by atoms with van der Waals surface area (Å²) in [6.07, 6.45) is 1.17. The van der Waals surface area contributed by atoms with Crippen LogP contribution in [0.1, 0.15) is 17.7 Å². The molecule has 0 bridgehead atoms. The summed E-state index contributed by atoms with van der Waals surface area (Å²) in [5.74, 6) is 0. The van der Waals surface area contributed by atoms with Crippen molar-refractivity contribution in [1.29, 1.82) is 0 Å². The van der Waals surface area contributed by atoms with Gasteiger partial charge in [-0.05, 0) is 12.0 Å². The summed E-state index contributed by atoms with van der Waals surface area (Å²) in [6, 6.07) is 21.4. The van der Waals surface area contributed by atoms with Gasteiger partial charge in [0.2, 0.25) is 0 Å². The normalized spacial score (nSPS) is 17.8. The molecule has 0 radical (unpaired) electrons. The fraction of sp³-hybridized carbons (Fsp3) is 0.300. The van der Waals surface area contributed by atoms with Gasteiger partial charge in [-0.1, -0.05) is 60.7 Å². The zero-order valence-corrected chi connectivity index (χ0v) is 14.2. The minimum absolute atomic E-state index is 0.504. The first-order valence-electron chi connectivity index (χ1n) is 8.83. The molecule has 128 valence electrons. The first-order chi connectivity index (χ1) is 12.4. The van der Waals surface area contributed by atoms with E-state index in [-0.39, 0.29) is 0 Å². The maximum absolute atomic E-state index is 4.33. The van der Waals surface area contributed by atoms with E-state index in [1.807, 2.05) is 18.2 Å². The number of rotatable bonds is 6. The average Bonchev–Trinajstić information content (AvgIpc) is 3.31. The quantitative estimate of drug-likeness (QED) is 0.728. The molecule has 1 unspecified atom stereocenters. The van der Waals surface area contributed by atoms with Crippen molar-refractivity contribution in [2.75, 3.05) is 13.1 Å². The fourth-order valence-electron chi connectivity index (χ4n) is 3.43. The summed E-state index contributed by atoms with van der Waals surface area (Å²) in [6.45, 7) is 3.98. The Morgan fingerprint density at radius 2 is 1.76 bits per heavy atom. The van der Waals surface area contributed by atoms with E-state index < -0.39 is 0 Å². The summed E-state index contributed by atoms with van der Waals surface area (Å²) >= 11 is 0. The first kappa shape index (κ1) is 16.0. The van der Waals surface area contributed by atoms with Crippen LogP contribution in [0.5, 0.6) is 0 Å². The third kappa shape index (κ3) is 3.95. The molecule has 1 saturated heterocycles. The molecular formula is C20H23N5. The van der Waals surface area contributed by atoms with Crippen molar-refractivity contribution >= 4 is 0 Å². The predicted octanol–water partition coefficient (Wildman–Crippen LogP) is 2.84. The molecule has 1 aliphatic rings. The van der Waals surface area contributed by atoms with Crippen LogP contribution in [-0.2, 0) is 13.1 Å². The van der Waals surface area contributed by atoms with Crippen LogP contribution in [0, 0.1) is 0 Å². The van der Waals surface area contributed by atoms with E-state index >= 15 is 0 Å². The zero-order valence-electron chi connectivity index (χ0n) is 14.2. The zero-order chi connectivity index (χ0) is 16.9. The minimum atomic E-state index is 0.504. The molecule has 25 heavy (non-hydrogen) atoms. The van der Waals surface area contributed by atoms with Crippen molar-refractivity contribution < 1.29 is 0 Å². The molecule has 2 N–H and O–H groups in total. The number of hydrogen-bond acceptors (Lipinski definition) is 4. The van der Waals surface area contributed by atoms with E-state index in [2.05, 4.69) is 68.1 Å². The van der Waals surface area contributed by atoms with Gasteiger partial charge in [-0.15, -0.1) is 0 Å². The molecule has 5 nitrogen and oxygen atoms in total. The fourth-order valence-corrected chi connectivity index (χ4v) is 3.43. The maximum Gasteiger partial charge on any atom is 0.117 e. The first-order valence-corrected chi connectivity index (χ1v) is 8.83. The number of hydrogen-bond donors (Lipinski definition) is 2. The highest BCUT2D eigenvalue weighted by Gasteiger charge is 2.22. The van der Waals surface area contributed by atoms with Gasteiger partial charge in [-0.2, -0.15) is 15.4 Å². The van der Waals surface area contributed by atoms with Crippen LogP contribution < -0.4 is 5.32 Å². The Balaban J connectivity index is 1.32. The van der Waals surface area contributed by atoms with E-state index in [0.717, 1.165) is 43.1 Å². The average molecular weight is 333 g/mol. The number of aromatic amines is 1. The third-order valence-corrected chi connectivity index (χ3v) is 4.75. The number of nitrogens with one attached hydrogen (secondary N) is 2. The molecule has 0 spiro atoms. The van der Waals surface area contributed by atoms with Gasteiger partial charge in [0.25, 0.3) is 0 Å².